The van der Waals surface area contributed by atoms with E-state index in [-0.39, 0.29) is 22.6 Å². The minimum atomic E-state index is -0.318. The summed E-state index contributed by atoms with van der Waals surface area (Å²) in [5.74, 6) is 6.66. The Morgan fingerprint density at radius 1 is 1.13 bits per heavy atom. The lowest BCUT2D eigenvalue weighted by Gasteiger charge is -2.42. The summed E-state index contributed by atoms with van der Waals surface area (Å²) >= 11 is 1.97. The Morgan fingerprint density at radius 2 is 1.83 bits per heavy atom. The van der Waals surface area contributed by atoms with Crippen molar-refractivity contribution in [3.8, 4) is 11.8 Å². The molecule has 1 aromatic heterocycles. The van der Waals surface area contributed by atoms with Crippen LogP contribution < -0.4 is 0 Å². The van der Waals surface area contributed by atoms with Gasteiger partial charge >= 0.3 is 5.97 Å². The van der Waals surface area contributed by atoms with Gasteiger partial charge in [-0.3, -0.25) is 4.79 Å². The van der Waals surface area contributed by atoms with Crippen LogP contribution in [0, 0.1) is 11.8 Å². The minimum absolute atomic E-state index is 0.0788. The molecule has 4 nitrogen and oxygen atoms in total. The fourth-order valence-electron chi connectivity index (χ4n) is 4.13. The van der Waals surface area contributed by atoms with Crippen LogP contribution in [-0.4, -0.2) is 27.3 Å². The smallest absolute Gasteiger partial charge is 0.313 e. The molecular weight excluding hydrogens is 392 g/mol. The van der Waals surface area contributed by atoms with Gasteiger partial charge < -0.3 is 4.74 Å². The Balaban J connectivity index is 1.88. The number of carbonyl (C=O) groups excluding carboxylic acids is 1. The molecule has 0 saturated heterocycles. The van der Waals surface area contributed by atoms with Crippen LogP contribution in [-0.2, 0) is 27.8 Å². The molecule has 1 aliphatic rings. The largest absolute Gasteiger partial charge is 0.466 e. The zero-order valence-electron chi connectivity index (χ0n) is 18.8. The number of aryl methyl sites for hydroxylation is 1. The van der Waals surface area contributed by atoms with E-state index in [1.54, 1.807) is 19.3 Å². The van der Waals surface area contributed by atoms with Gasteiger partial charge in [0, 0.05) is 27.6 Å². The van der Waals surface area contributed by atoms with E-state index in [1.807, 2.05) is 11.8 Å². The SMILES string of the molecule is CCOC(=O)Cc1ncc(C#Cc2cc3c(cc2CC)SC(C)(C)CC3(C)C)cn1. The van der Waals surface area contributed by atoms with Crippen molar-refractivity contribution in [1.82, 2.24) is 9.97 Å². The molecule has 0 bridgehead atoms. The molecule has 0 radical (unpaired) electrons. The van der Waals surface area contributed by atoms with Crippen molar-refractivity contribution in [1.29, 1.82) is 0 Å². The average molecular weight is 423 g/mol. The van der Waals surface area contributed by atoms with Crippen LogP contribution in [0.1, 0.15) is 76.0 Å². The second-order valence-electron chi connectivity index (χ2n) is 8.90. The molecule has 30 heavy (non-hydrogen) atoms. The molecule has 2 aromatic rings. The van der Waals surface area contributed by atoms with Crippen LogP contribution in [0.25, 0.3) is 0 Å². The maximum absolute atomic E-state index is 11.6. The molecule has 0 aliphatic carbocycles. The lowest BCUT2D eigenvalue weighted by molar-refractivity contribution is -0.142. The number of thioether (sulfide) groups is 1. The number of benzene rings is 1. The van der Waals surface area contributed by atoms with Crippen LogP contribution >= 0.6 is 11.8 Å². The van der Waals surface area contributed by atoms with E-state index in [2.05, 4.69) is 68.6 Å². The highest BCUT2D eigenvalue weighted by Crippen LogP contribution is 2.51. The third-order valence-corrected chi connectivity index (χ3v) is 6.48. The molecule has 0 unspecified atom stereocenters. The van der Waals surface area contributed by atoms with Crippen LogP contribution in [0.4, 0.5) is 0 Å². The molecule has 0 N–H and O–H groups in total. The summed E-state index contributed by atoms with van der Waals surface area (Å²) in [6.45, 7) is 13.6. The highest BCUT2D eigenvalue weighted by Gasteiger charge is 2.38. The van der Waals surface area contributed by atoms with Gasteiger partial charge in [-0.25, -0.2) is 9.97 Å². The zero-order chi connectivity index (χ0) is 21.9. The van der Waals surface area contributed by atoms with Crippen molar-refractivity contribution in [2.24, 2.45) is 0 Å². The first-order valence-corrected chi connectivity index (χ1v) is 11.3. The Morgan fingerprint density at radius 3 is 2.47 bits per heavy atom. The molecule has 1 aliphatic heterocycles. The second-order valence-corrected chi connectivity index (χ2v) is 10.7. The molecule has 0 saturated carbocycles. The summed E-state index contributed by atoms with van der Waals surface area (Å²) in [7, 11) is 0. The van der Waals surface area contributed by atoms with Crippen molar-refractivity contribution in [3.05, 3.63) is 52.6 Å². The Labute approximate surface area is 184 Å². The Hall–Kier alpha value is -2.32. The predicted octanol–water partition coefficient (Wildman–Crippen LogP) is 5.10. The first kappa shape index (κ1) is 22.4. The van der Waals surface area contributed by atoms with E-state index in [1.165, 1.54) is 16.0 Å². The number of esters is 1. The third kappa shape index (κ3) is 5.23. The van der Waals surface area contributed by atoms with E-state index in [9.17, 15) is 4.79 Å². The van der Waals surface area contributed by atoms with E-state index in [0.29, 0.717) is 12.4 Å². The lowest BCUT2D eigenvalue weighted by Crippen LogP contribution is -2.33. The number of hydrogen-bond donors (Lipinski definition) is 0. The van der Waals surface area contributed by atoms with Crippen molar-refractivity contribution >= 4 is 17.7 Å². The fraction of sp³-hybridized carbons (Fsp3) is 0.480. The normalized spacial score (nSPS) is 16.2. The Bertz CT molecular complexity index is 998. The number of aromatic nitrogens is 2. The summed E-state index contributed by atoms with van der Waals surface area (Å²) in [6, 6.07) is 4.60. The number of fused-ring (bicyclic) bond motifs is 1. The van der Waals surface area contributed by atoms with Gasteiger partial charge in [0.15, 0.2) is 0 Å². The minimum Gasteiger partial charge on any atom is -0.466 e. The summed E-state index contributed by atoms with van der Waals surface area (Å²) in [6.07, 6.45) is 5.48. The molecule has 0 spiro atoms. The van der Waals surface area contributed by atoms with E-state index < -0.39 is 0 Å². The van der Waals surface area contributed by atoms with Crippen LogP contribution in [0.2, 0.25) is 0 Å². The quantitative estimate of drug-likeness (QED) is 0.507. The van der Waals surface area contributed by atoms with Gasteiger partial charge in [0.1, 0.15) is 12.2 Å². The summed E-state index contributed by atoms with van der Waals surface area (Å²) < 4.78 is 5.17. The molecule has 0 atom stereocenters. The van der Waals surface area contributed by atoms with Gasteiger partial charge in [0.2, 0.25) is 0 Å². The van der Waals surface area contributed by atoms with Crippen molar-refractivity contribution in [2.45, 2.75) is 75.9 Å². The molecule has 0 fully saturated rings. The van der Waals surface area contributed by atoms with Crippen LogP contribution in [0.15, 0.2) is 29.4 Å². The lowest BCUT2D eigenvalue weighted by atomic mass is 9.76. The van der Waals surface area contributed by atoms with Crippen molar-refractivity contribution in [3.63, 3.8) is 0 Å². The van der Waals surface area contributed by atoms with Crippen LogP contribution in [0.5, 0.6) is 0 Å². The summed E-state index contributed by atoms with van der Waals surface area (Å²) in [5, 5.41) is 0. The van der Waals surface area contributed by atoms with E-state index >= 15 is 0 Å². The van der Waals surface area contributed by atoms with E-state index in [0.717, 1.165) is 24.0 Å². The maximum Gasteiger partial charge on any atom is 0.313 e. The predicted molar refractivity (Wildman–Crippen MR) is 122 cm³/mol. The van der Waals surface area contributed by atoms with Gasteiger partial charge in [-0.15, -0.1) is 11.8 Å². The third-order valence-electron chi connectivity index (χ3n) is 5.22. The van der Waals surface area contributed by atoms with Gasteiger partial charge in [-0.1, -0.05) is 46.5 Å². The van der Waals surface area contributed by atoms with Crippen LogP contribution in [0.3, 0.4) is 0 Å². The molecular formula is C25H30N2O2S. The molecule has 158 valence electrons. The first-order valence-electron chi connectivity index (χ1n) is 10.5. The fourth-order valence-corrected chi connectivity index (χ4v) is 5.80. The number of rotatable bonds is 4. The molecule has 3 rings (SSSR count). The van der Waals surface area contributed by atoms with Gasteiger partial charge in [0.25, 0.3) is 0 Å². The number of carbonyl (C=O) groups is 1. The molecule has 5 heteroatoms. The average Bonchev–Trinajstić information content (AvgIpc) is 2.65. The highest BCUT2D eigenvalue weighted by atomic mass is 32.2. The first-order chi connectivity index (χ1) is 14.1. The number of nitrogens with zero attached hydrogens (tertiary/aromatic N) is 2. The molecule has 0 amide bonds. The second kappa shape index (κ2) is 8.81. The van der Waals surface area contributed by atoms with Crippen molar-refractivity contribution in [2.75, 3.05) is 6.61 Å². The Kier molecular flexibility index (Phi) is 6.57. The number of ether oxygens (including phenoxy) is 1. The maximum atomic E-state index is 11.6. The van der Waals surface area contributed by atoms with Gasteiger partial charge in [0.05, 0.1) is 12.2 Å². The standard InChI is InChI=1S/C25H30N2O2S/c1-7-18-12-21-20(24(3,4)16-25(5,6)30-21)11-19(18)10-9-17-14-26-22(27-15-17)13-23(28)29-8-2/h11-12,14-15H,7-8,13,16H2,1-6H3. The number of hydrogen-bond acceptors (Lipinski definition) is 5. The molecule has 1 aromatic carbocycles. The summed E-state index contributed by atoms with van der Waals surface area (Å²) in [5.41, 5.74) is 4.57. The summed E-state index contributed by atoms with van der Waals surface area (Å²) in [4.78, 5) is 21.4. The van der Waals surface area contributed by atoms with Gasteiger partial charge in [-0.2, -0.15) is 0 Å². The highest BCUT2D eigenvalue weighted by molar-refractivity contribution is 8.00. The van der Waals surface area contributed by atoms with E-state index in [4.69, 9.17) is 4.74 Å². The zero-order valence-corrected chi connectivity index (χ0v) is 19.6. The monoisotopic (exact) mass is 422 g/mol. The van der Waals surface area contributed by atoms with Crippen molar-refractivity contribution < 1.29 is 9.53 Å². The molecule has 2 heterocycles. The topological polar surface area (TPSA) is 52.1 Å². The van der Waals surface area contributed by atoms with Gasteiger partial charge in [-0.05, 0) is 48.4 Å².